The molecule has 2 saturated heterocycles. The molecule has 3 unspecified atom stereocenters. The van der Waals surface area contributed by atoms with Crippen LogP contribution in [-0.4, -0.2) is 36.3 Å². The second kappa shape index (κ2) is 5.00. The van der Waals surface area contributed by atoms with E-state index in [0.29, 0.717) is 12.5 Å². The number of hydrogen-bond donors (Lipinski definition) is 1. The van der Waals surface area contributed by atoms with Crippen LogP contribution in [-0.2, 0) is 9.59 Å². The first kappa shape index (κ1) is 13.5. The number of carbonyl (C=O) groups excluding carboxylic acids is 2. The first-order valence-electron chi connectivity index (χ1n) is 7.02. The van der Waals surface area contributed by atoms with Crippen molar-refractivity contribution >= 4 is 11.8 Å². The van der Waals surface area contributed by atoms with E-state index in [1.54, 1.807) is 0 Å². The average Bonchev–Trinajstić information content (AvgIpc) is 2.29. The molecule has 3 atom stereocenters. The molecule has 4 heteroatoms. The van der Waals surface area contributed by atoms with Crippen molar-refractivity contribution in [2.75, 3.05) is 13.6 Å². The van der Waals surface area contributed by atoms with Crippen molar-refractivity contribution < 1.29 is 9.59 Å². The predicted molar refractivity (Wildman–Crippen MR) is 69.9 cm³/mol. The van der Waals surface area contributed by atoms with Crippen molar-refractivity contribution in [2.45, 2.75) is 52.0 Å². The van der Waals surface area contributed by atoms with Gasteiger partial charge in [-0.05, 0) is 45.2 Å². The van der Waals surface area contributed by atoms with Crippen LogP contribution in [0.5, 0.6) is 0 Å². The van der Waals surface area contributed by atoms with E-state index in [-0.39, 0.29) is 23.1 Å². The smallest absolute Gasteiger partial charge is 0.230 e. The largest absolute Gasteiger partial charge is 0.304 e. The molecule has 18 heavy (non-hydrogen) atoms. The summed E-state index contributed by atoms with van der Waals surface area (Å²) in [6.07, 6.45) is 4.36. The summed E-state index contributed by atoms with van der Waals surface area (Å²) in [5, 5.41) is 2.52. The Morgan fingerprint density at radius 1 is 1.44 bits per heavy atom. The Kier molecular flexibility index (Phi) is 3.76. The van der Waals surface area contributed by atoms with Crippen molar-refractivity contribution in [3.05, 3.63) is 0 Å². The van der Waals surface area contributed by atoms with Crippen molar-refractivity contribution in [3.63, 3.8) is 0 Å². The highest BCUT2D eigenvalue weighted by Crippen LogP contribution is 2.47. The lowest BCUT2D eigenvalue weighted by atomic mass is 9.61. The van der Waals surface area contributed by atoms with Crippen LogP contribution in [0.4, 0.5) is 0 Å². The Labute approximate surface area is 109 Å². The Hall–Kier alpha value is -0.900. The molecule has 1 spiro atoms. The molecule has 0 aromatic rings. The highest BCUT2D eigenvalue weighted by Gasteiger charge is 2.50. The van der Waals surface area contributed by atoms with Gasteiger partial charge < -0.3 is 4.90 Å². The van der Waals surface area contributed by atoms with E-state index in [1.807, 2.05) is 0 Å². The molecule has 102 valence electrons. The molecule has 2 heterocycles. The normalized spacial score (nSPS) is 37.9. The molecule has 0 radical (unpaired) electrons. The zero-order chi connectivity index (χ0) is 13.3. The summed E-state index contributed by atoms with van der Waals surface area (Å²) in [6, 6.07) is 0.455. The summed E-state index contributed by atoms with van der Waals surface area (Å²) in [5.74, 6) is -0.0923. The molecule has 0 saturated carbocycles. The molecule has 2 amide bonds. The van der Waals surface area contributed by atoms with E-state index in [2.05, 4.69) is 31.1 Å². The molecule has 0 aromatic carbocycles. The zero-order valence-electron chi connectivity index (χ0n) is 11.7. The van der Waals surface area contributed by atoms with Crippen LogP contribution in [0.1, 0.15) is 46.0 Å². The van der Waals surface area contributed by atoms with Gasteiger partial charge in [-0.15, -0.1) is 0 Å². The molecular weight excluding hydrogens is 228 g/mol. The third-order valence-corrected chi connectivity index (χ3v) is 4.83. The van der Waals surface area contributed by atoms with E-state index in [1.165, 1.54) is 0 Å². The summed E-state index contributed by atoms with van der Waals surface area (Å²) in [6.45, 7) is 5.29. The second-order valence-electron chi connectivity index (χ2n) is 6.08. The van der Waals surface area contributed by atoms with E-state index >= 15 is 0 Å². The zero-order valence-corrected chi connectivity index (χ0v) is 11.7. The lowest BCUT2D eigenvalue weighted by Crippen LogP contribution is -2.57. The van der Waals surface area contributed by atoms with Gasteiger partial charge in [0.25, 0.3) is 0 Å². The maximum atomic E-state index is 12.1. The highest BCUT2D eigenvalue weighted by atomic mass is 16.2. The minimum atomic E-state index is -0.0820. The monoisotopic (exact) mass is 252 g/mol. The van der Waals surface area contributed by atoms with Gasteiger partial charge >= 0.3 is 0 Å². The Balaban J connectivity index is 2.25. The number of carbonyl (C=O) groups is 2. The Morgan fingerprint density at radius 2 is 2.17 bits per heavy atom. The van der Waals surface area contributed by atoms with E-state index in [0.717, 1.165) is 32.2 Å². The average molecular weight is 252 g/mol. The first-order chi connectivity index (χ1) is 8.48. The summed E-state index contributed by atoms with van der Waals surface area (Å²) >= 11 is 0. The molecule has 2 aliphatic rings. The van der Waals surface area contributed by atoms with Crippen LogP contribution >= 0.6 is 0 Å². The maximum Gasteiger partial charge on any atom is 0.230 e. The molecule has 4 nitrogen and oxygen atoms in total. The van der Waals surface area contributed by atoms with Crippen LogP contribution in [0.25, 0.3) is 0 Å². The predicted octanol–water partition coefficient (Wildman–Crippen LogP) is 1.55. The number of piperidine rings is 2. The lowest BCUT2D eigenvalue weighted by Gasteiger charge is -2.49. The fraction of sp³-hybridized carbons (Fsp3) is 0.857. The molecule has 2 fully saturated rings. The first-order valence-corrected chi connectivity index (χ1v) is 7.02. The molecule has 2 aliphatic heterocycles. The van der Waals surface area contributed by atoms with E-state index in [4.69, 9.17) is 0 Å². The van der Waals surface area contributed by atoms with Crippen molar-refractivity contribution in [3.8, 4) is 0 Å². The van der Waals surface area contributed by atoms with Gasteiger partial charge in [0, 0.05) is 18.4 Å². The SMILES string of the molecule is CCCC1C(=O)NC(=O)CC12CCN(C)C(C)C2. The van der Waals surface area contributed by atoms with Crippen molar-refractivity contribution in [1.82, 2.24) is 10.2 Å². The summed E-state index contributed by atoms with van der Waals surface area (Å²) in [7, 11) is 2.12. The quantitative estimate of drug-likeness (QED) is 0.759. The van der Waals surface area contributed by atoms with Gasteiger partial charge in [0.15, 0.2) is 0 Å². The van der Waals surface area contributed by atoms with Gasteiger partial charge in [0.2, 0.25) is 11.8 Å². The topological polar surface area (TPSA) is 49.4 Å². The van der Waals surface area contributed by atoms with Gasteiger partial charge in [-0.2, -0.15) is 0 Å². The number of imide groups is 1. The van der Waals surface area contributed by atoms with Gasteiger partial charge in [0.1, 0.15) is 0 Å². The van der Waals surface area contributed by atoms with Crippen LogP contribution in [0, 0.1) is 11.3 Å². The fourth-order valence-electron chi connectivity index (χ4n) is 3.66. The maximum absolute atomic E-state index is 12.1. The second-order valence-corrected chi connectivity index (χ2v) is 6.08. The number of likely N-dealkylation sites (tertiary alicyclic amines) is 1. The molecule has 1 N–H and O–H groups in total. The third kappa shape index (κ3) is 2.30. The van der Waals surface area contributed by atoms with Gasteiger partial charge in [-0.1, -0.05) is 13.3 Å². The molecule has 2 rings (SSSR count). The van der Waals surface area contributed by atoms with E-state index in [9.17, 15) is 9.59 Å². The summed E-state index contributed by atoms with van der Waals surface area (Å²) < 4.78 is 0. The van der Waals surface area contributed by atoms with E-state index < -0.39 is 0 Å². The summed E-state index contributed by atoms with van der Waals surface area (Å²) in [5.41, 5.74) is -0.0820. The van der Waals surface area contributed by atoms with Gasteiger partial charge in [-0.3, -0.25) is 14.9 Å². The molecular formula is C14H24N2O2. The molecule has 0 bridgehead atoms. The van der Waals surface area contributed by atoms with Crippen LogP contribution in [0.3, 0.4) is 0 Å². The van der Waals surface area contributed by atoms with Gasteiger partial charge in [0.05, 0.1) is 0 Å². The standard InChI is InChI=1S/C14H24N2O2/c1-4-5-11-13(18)15-12(17)9-14(11)6-7-16(3)10(2)8-14/h10-11H,4-9H2,1-3H3,(H,15,17,18). The Morgan fingerprint density at radius 3 is 2.78 bits per heavy atom. The van der Waals surface area contributed by atoms with Crippen LogP contribution in [0.2, 0.25) is 0 Å². The third-order valence-electron chi connectivity index (χ3n) is 4.83. The fourth-order valence-corrected chi connectivity index (χ4v) is 3.66. The number of nitrogens with zero attached hydrogens (tertiary/aromatic N) is 1. The van der Waals surface area contributed by atoms with Crippen LogP contribution in [0.15, 0.2) is 0 Å². The number of rotatable bonds is 2. The van der Waals surface area contributed by atoms with Crippen molar-refractivity contribution in [1.29, 1.82) is 0 Å². The lowest BCUT2D eigenvalue weighted by molar-refractivity contribution is -0.147. The minimum absolute atomic E-state index is 0.0244. The number of amides is 2. The van der Waals surface area contributed by atoms with Gasteiger partial charge in [-0.25, -0.2) is 0 Å². The summed E-state index contributed by atoms with van der Waals surface area (Å²) in [4.78, 5) is 26.2. The van der Waals surface area contributed by atoms with Crippen LogP contribution < -0.4 is 5.32 Å². The number of hydrogen-bond acceptors (Lipinski definition) is 3. The minimum Gasteiger partial charge on any atom is -0.304 e. The molecule has 0 aromatic heterocycles. The highest BCUT2D eigenvalue weighted by molar-refractivity contribution is 5.99. The number of nitrogens with one attached hydrogen (secondary N) is 1. The molecule has 0 aliphatic carbocycles. The van der Waals surface area contributed by atoms with Crippen molar-refractivity contribution in [2.24, 2.45) is 11.3 Å². The Bertz CT molecular complexity index is 356.